The highest BCUT2D eigenvalue weighted by atomic mass is 16.6. The summed E-state index contributed by atoms with van der Waals surface area (Å²) in [7, 11) is 0. The van der Waals surface area contributed by atoms with Crippen LogP contribution in [0.4, 0.5) is 11.4 Å². The number of carbonyl (C=O) groups is 1. The molecular formula is C15H22N2O4. The number of rotatable bonds is 8. The van der Waals surface area contributed by atoms with Crippen molar-refractivity contribution in [1.82, 2.24) is 0 Å². The molecule has 6 heteroatoms. The Morgan fingerprint density at radius 1 is 1.38 bits per heavy atom. The maximum absolute atomic E-state index is 11.2. The molecule has 0 radical (unpaired) electrons. The molecule has 0 spiro atoms. The van der Waals surface area contributed by atoms with Crippen LogP contribution >= 0.6 is 0 Å². The fraction of sp³-hybridized carbons (Fsp3) is 0.533. The fourth-order valence-corrected chi connectivity index (χ4v) is 2.23. The average molecular weight is 294 g/mol. The van der Waals surface area contributed by atoms with Crippen molar-refractivity contribution in [2.45, 2.75) is 46.1 Å². The summed E-state index contributed by atoms with van der Waals surface area (Å²) in [5.41, 5.74) is 0.396. The number of nitro groups is 1. The molecule has 0 heterocycles. The first-order valence-corrected chi connectivity index (χ1v) is 7.16. The first-order valence-electron chi connectivity index (χ1n) is 7.16. The predicted octanol–water partition coefficient (Wildman–Crippen LogP) is 3.70. The minimum atomic E-state index is -1.08. The van der Waals surface area contributed by atoms with E-state index < -0.39 is 10.9 Å². The second kappa shape index (κ2) is 7.61. The van der Waals surface area contributed by atoms with E-state index in [-0.39, 0.29) is 17.3 Å². The van der Waals surface area contributed by atoms with Crippen LogP contribution in [0.15, 0.2) is 18.2 Å². The van der Waals surface area contributed by atoms with Gasteiger partial charge in [0, 0.05) is 18.7 Å². The zero-order valence-electron chi connectivity index (χ0n) is 12.7. The predicted molar refractivity (Wildman–Crippen MR) is 82.1 cm³/mol. The molecule has 116 valence electrons. The summed E-state index contributed by atoms with van der Waals surface area (Å²) in [6.45, 7) is 6.66. The van der Waals surface area contributed by atoms with E-state index in [2.05, 4.69) is 6.92 Å². The molecule has 21 heavy (non-hydrogen) atoms. The monoisotopic (exact) mass is 294 g/mol. The van der Waals surface area contributed by atoms with Crippen molar-refractivity contribution in [2.75, 3.05) is 11.4 Å². The molecule has 1 N–H and O–H groups in total. The van der Waals surface area contributed by atoms with E-state index in [4.69, 9.17) is 5.11 Å². The summed E-state index contributed by atoms with van der Waals surface area (Å²) in [6.07, 6.45) is 3.02. The maximum atomic E-state index is 11.2. The Bertz CT molecular complexity index is 514. The van der Waals surface area contributed by atoms with E-state index in [9.17, 15) is 14.9 Å². The highest BCUT2D eigenvalue weighted by Gasteiger charge is 2.23. The smallest absolute Gasteiger partial charge is 0.335 e. The van der Waals surface area contributed by atoms with Gasteiger partial charge in [-0.2, -0.15) is 0 Å². The number of unbranched alkanes of at least 4 members (excludes halogenated alkanes) is 2. The highest BCUT2D eigenvalue weighted by Crippen LogP contribution is 2.31. The van der Waals surface area contributed by atoms with Crippen LogP contribution in [0.1, 0.15) is 50.4 Å². The molecule has 1 aromatic rings. The average Bonchev–Trinajstić information content (AvgIpc) is 2.42. The summed E-state index contributed by atoms with van der Waals surface area (Å²) < 4.78 is 0. The largest absolute Gasteiger partial charge is 0.478 e. The minimum Gasteiger partial charge on any atom is -0.478 e. The van der Waals surface area contributed by atoms with Crippen LogP contribution in [0.3, 0.4) is 0 Å². The molecule has 1 rings (SSSR count). The Labute approximate surface area is 124 Å². The van der Waals surface area contributed by atoms with Crippen LogP contribution in [0.25, 0.3) is 0 Å². The van der Waals surface area contributed by atoms with Gasteiger partial charge in [0.1, 0.15) is 5.69 Å². The fourth-order valence-electron chi connectivity index (χ4n) is 2.23. The number of nitrogens with zero attached hydrogens (tertiary/aromatic N) is 2. The molecule has 0 saturated carbocycles. The van der Waals surface area contributed by atoms with Gasteiger partial charge in [-0.15, -0.1) is 0 Å². The number of nitro benzene ring substituents is 1. The van der Waals surface area contributed by atoms with Crippen molar-refractivity contribution in [3.63, 3.8) is 0 Å². The van der Waals surface area contributed by atoms with Crippen molar-refractivity contribution in [1.29, 1.82) is 0 Å². The lowest BCUT2D eigenvalue weighted by molar-refractivity contribution is -0.384. The lowest BCUT2D eigenvalue weighted by Gasteiger charge is -2.28. The van der Waals surface area contributed by atoms with Gasteiger partial charge in [0.25, 0.3) is 5.69 Å². The second-order valence-electron chi connectivity index (χ2n) is 5.26. The Balaban J connectivity index is 3.22. The van der Waals surface area contributed by atoms with E-state index in [0.29, 0.717) is 12.2 Å². The molecule has 0 atom stereocenters. The third kappa shape index (κ3) is 4.44. The van der Waals surface area contributed by atoms with Crippen LogP contribution in [-0.4, -0.2) is 28.6 Å². The molecule has 0 bridgehead atoms. The van der Waals surface area contributed by atoms with E-state index >= 15 is 0 Å². The standard InChI is InChI=1S/C15H22N2O4/c1-4-5-6-9-16(11(2)3)14-10-12(15(18)19)7-8-13(14)17(20)21/h7-8,10-11H,4-6,9H2,1-3H3,(H,18,19). The van der Waals surface area contributed by atoms with Crippen molar-refractivity contribution < 1.29 is 14.8 Å². The number of benzene rings is 1. The molecular weight excluding hydrogens is 272 g/mol. The van der Waals surface area contributed by atoms with Gasteiger partial charge in [0.15, 0.2) is 0 Å². The Morgan fingerprint density at radius 2 is 2.05 bits per heavy atom. The van der Waals surface area contributed by atoms with E-state index in [0.717, 1.165) is 19.3 Å². The van der Waals surface area contributed by atoms with E-state index in [1.165, 1.54) is 18.2 Å². The number of hydrogen-bond donors (Lipinski definition) is 1. The van der Waals surface area contributed by atoms with Gasteiger partial charge in [-0.1, -0.05) is 19.8 Å². The van der Waals surface area contributed by atoms with Gasteiger partial charge in [-0.25, -0.2) is 4.79 Å². The van der Waals surface area contributed by atoms with E-state index in [1.54, 1.807) is 0 Å². The van der Waals surface area contributed by atoms with Gasteiger partial charge in [0.05, 0.1) is 10.5 Å². The van der Waals surface area contributed by atoms with Crippen LogP contribution < -0.4 is 4.90 Å². The number of carboxylic acid groups (broad SMARTS) is 1. The van der Waals surface area contributed by atoms with Crippen molar-refractivity contribution in [2.24, 2.45) is 0 Å². The third-order valence-electron chi connectivity index (χ3n) is 3.35. The zero-order valence-corrected chi connectivity index (χ0v) is 12.7. The van der Waals surface area contributed by atoms with E-state index in [1.807, 2.05) is 18.7 Å². The quantitative estimate of drug-likeness (QED) is 0.449. The van der Waals surface area contributed by atoms with Crippen molar-refractivity contribution >= 4 is 17.3 Å². The van der Waals surface area contributed by atoms with Crippen LogP contribution in [0.2, 0.25) is 0 Å². The molecule has 0 aromatic heterocycles. The normalized spacial score (nSPS) is 10.7. The zero-order chi connectivity index (χ0) is 16.0. The lowest BCUT2D eigenvalue weighted by atomic mass is 10.1. The van der Waals surface area contributed by atoms with Gasteiger partial charge < -0.3 is 10.0 Å². The van der Waals surface area contributed by atoms with Crippen LogP contribution in [0, 0.1) is 10.1 Å². The van der Waals surface area contributed by atoms with Crippen LogP contribution in [-0.2, 0) is 0 Å². The topological polar surface area (TPSA) is 83.7 Å². The number of hydrogen-bond acceptors (Lipinski definition) is 4. The first kappa shape index (κ1) is 16.9. The highest BCUT2D eigenvalue weighted by molar-refractivity contribution is 5.90. The van der Waals surface area contributed by atoms with Crippen molar-refractivity contribution in [3.8, 4) is 0 Å². The molecule has 0 fully saturated rings. The van der Waals surface area contributed by atoms with Crippen molar-refractivity contribution in [3.05, 3.63) is 33.9 Å². The summed E-state index contributed by atoms with van der Waals surface area (Å²) in [4.78, 5) is 23.7. The molecule has 0 saturated heterocycles. The number of carboxylic acids is 1. The number of anilines is 1. The molecule has 0 amide bonds. The van der Waals surface area contributed by atoms with Gasteiger partial charge in [-0.3, -0.25) is 10.1 Å². The molecule has 6 nitrogen and oxygen atoms in total. The molecule has 0 aliphatic rings. The SMILES string of the molecule is CCCCCN(c1cc(C(=O)O)ccc1[N+](=O)[O-])C(C)C. The molecule has 0 aliphatic heterocycles. The summed E-state index contributed by atoms with van der Waals surface area (Å²) in [6, 6.07) is 4.00. The minimum absolute atomic E-state index is 0.0507. The summed E-state index contributed by atoms with van der Waals surface area (Å²) >= 11 is 0. The Hall–Kier alpha value is -2.11. The molecule has 1 aromatic carbocycles. The maximum Gasteiger partial charge on any atom is 0.335 e. The summed E-state index contributed by atoms with van der Waals surface area (Å²) in [5.74, 6) is -1.08. The molecule has 0 unspecified atom stereocenters. The van der Waals surface area contributed by atoms with Gasteiger partial charge in [0.2, 0.25) is 0 Å². The van der Waals surface area contributed by atoms with Gasteiger partial charge >= 0.3 is 5.97 Å². The first-order chi connectivity index (χ1) is 9.88. The third-order valence-corrected chi connectivity index (χ3v) is 3.35. The van der Waals surface area contributed by atoms with Gasteiger partial charge in [-0.05, 0) is 32.4 Å². The molecule has 0 aliphatic carbocycles. The Kier molecular flexibility index (Phi) is 6.14. The lowest BCUT2D eigenvalue weighted by Crippen LogP contribution is -2.32. The summed E-state index contributed by atoms with van der Waals surface area (Å²) in [5, 5.41) is 20.3. The number of aromatic carboxylic acids is 1. The van der Waals surface area contributed by atoms with Crippen LogP contribution in [0.5, 0.6) is 0 Å². The second-order valence-corrected chi connectivity index (χ2v) is 5.26. The Morgan fingerprint density at radius 3 is 2.52 bits per heavy atom.